The lowest BCUT2D eigenvalue weighted by Gasteiger charge is -2.56. The Morgan fingerprint density at radius 2 is 1.73 bits per heavy atom. The van der Waals surface area contributed by atoms with Crippen molar-refractivity contribution in [3.8, 4) is 0 Å². The van der Waals surface area contributed by atoms with E-state index in [0.717, 1.165) is 62.3 Å². The van der Waals surface area contributed by atoms with E-state index in [-0.39, 0.29) is 12.0 Å². The maximum absolute atomic E-state index is 13.1. The molecule has 7 nitrogen and oxygen atoms in total. The van der Waals surface area contributed by atoms with Gasteiger partial charge in [0.1, 0.15) is 5.60 Å². The van der Waals surface area contributed by atoms with Gasteiger partial charge in [-0.25, -0.2) is 4.79 Å². The Labute approximate surface area is 227 Å². The Bertz CT molecular complexity index is 926. The van der Waals surface area contributed by atoms with Crippen LogP contribution < -0.4 is 10.6 Å². The van der Waals surface area contributed by atoms with E-state index in [1.807, 2.05) is 26.8 Å². The molecule has 0 radical (unpaired) electrons. The van der Waals surface area contributed by atoms with Crippen LogP contribution in [-0.2, 0) is 11.2 Å². The quantitative estimate of drug-likeness (QED) is 0.370. The highest BCUT2D eigenvalue weighted by Gasteiger charge is 2.50. The Hall–Kier alpha value is -1.86. The summed E-state index contributed by atoms with van der Waals surface area (Å²) in [5, 5.41) is 7.08. The van der Waals surface area contributed by atoms with Crippen molar-refractivity contribution < 1.29 is 14.3 Å². The number of nitrogens with one attached hydrogen (secondary N) is 2. The summed E-state index contributed by atoms with van der Waals surface area (Å²) in [6.07, 6.45) is 11.9. The summed E-state index contributed by atoms with van der Waals surface area (Å²) in [7, 11) is 1.76. The van der Waals surface area contributed by atoms with E-state index < -0.39 is 5.60 Å². The number of rotatable bonds is 11. The third kappa shape index (κ3) is 7.82. The van der Waals surface area contributed by atoms with E-state index in [1.165, 1.54) is 38.5 Å². The molecule has 4 saturated carbocycles. The smallest absolute Gasteiger partial charge is 0.410 e. The summed E-state index contributed by atoms with van der Waals surface area (Å²) in [5.41, 5.74) is 1.25. The molecule has 4 aliphatic carbocycles. The van der Waals surface area contributed by atoms with E-state index in [2.05, 4.69) is 15.6 Å². The van der Waals surface area contributed by atoms with Crippen molar-refractivity contribution in [3.05, 3.63) is 28.5 Å². The molecule has 2 N–H and O–H groups in total. The highest BCUT2D eigenvalue weighted by molar-refractivity contribution is 6.33. The van der Waals surface area contributed by atoms with Gasteiger partial charge in [0.15, 0.2) is 0 Å². The number of pyridine rings is 1. The number of amides is 2. The summed E-state index contributed by atoms with van der Waals surface area (Å²) < 4.78 is 5.37. The average molecular weight is 533 g/mol. The molecular formula is C29H45ClN4O3. The molecule has 8 heteroatoms. The second kappa shape index (κ2) is 11.9. The first-order valence-corrected chi connectivity index (χ1v) is 14.5. The third-order valence-electron chi connectivity index (χ3n) is 8.28. The van der Waals surface area contributed by atoms with Crippen LogP contribution in [-0.4, -0.2) is 60.7 Å². The molecule has 0 saturated heterocycles. The predicted molar refractivity (Wildman–Crippen MR) is 147 cm³/mol. The largest absolute Gasteiger partial charge is 0.444 e. The number of ether oxygens (including phenoxy) is 1. The number of nitrogens with zero attached hydrogens (tertiary/aromatic N) is 2. The van der Waals surface area contributed by atoms with Gasteiger partial charge in [0.25, 0.3) is 5.91 Å². The molecule has 0 spiro atoms. The lowest BCUT2D eigenvalue weighted by molar-refractivity contribution is -0.0503. The van der Waals surface area contributed by atoms with Gasteiger partial charge in [-0.05, 0) is 121 Å². The molecule has 0 unspecified atom stereocenters. The first-order chi connectivity index (χ1) is 17.5. The number of carbonyl (C=O) groups is 2. The SMILES string of the molecule is CN(CCCNCCCc1cc(C(=O)NCC23CC4CC(CC(C4)C2)C3)c(Cl)cn1)C(=O)OC(C)(C)C. The molecule has 37 heavy (non-hydrogen) atoms. The summed E-state index contributed by atoms with van der Waals surface area (Å²) >= 11 is 6.37. The number of aryl methyl sites for hydroxylation is 1. The van der Waals surface area contributed by atoms with Crippen molar-refractivity contribution in [1.29, 1.82) is 0 Å². The maximum atomic E-state index is 13.1. The fourth-order valence-corrected chi connectivity index (χ4v) is 7.24. The van der Waals surface area contributed by atoms with Crippen LogP contribution in [0.2, 0.25) is 5.02 Å². The van der Waals surface area contributed by atoms with Gasteiger partial charge in [-0.15, -0.1) is 0 Å². The molecule has 0 aliphatic heterocycles. The molecule has 4 aliphatic rings. The fourth-order valence-electron chi connectivity index (χ4n) is 7.05. The zero-order valence-corrected chi connectivity index (χ0v) is 23.8. The Morgan fingerprint density at radius 1 is 1.11 bits per heavy atom. The second-order valence-electron chi connectivity index (χ2n) is 12.9. The molecule has 1 aromatic rings. The summed E-state index contributed by atoms with van der Waals surface area (Å²) in [6, 6.07) is 1.85. The lowest BCUT2D eigenvalue weighted by Crippen LogP contribution is -2.51. The van der Waals surface area contributed by atoms with Crippen LogP contribution in [0.25, 0.3) is 0 Å². The standard InChI is InChI=1S/C29H45ClN4O3/c1-28(2,3)37-27(36)34(4)10-6-9-31-8-5-7-23-14-24(25(30)18-32-23)26(35)33-19-29-15-20-11-21(16-29)13-22(12-20)17-29/h14,18,20-22,31H,5-13,15-17,19H2,1-4H3,(H,33,35). The summed E-state index contributed by atoms with van der Waals surface area (Å²) in [6.45, 7) is 8.68. The monoisotopic (exact) mass is 532 g/mol. The molecule has 1 heterocycles. The Balaban J connectivity index is 1.15. The van der Waals surface area contributed by atoms with Crippen molar-refractivity contribution in [3.63, 3.8) is 0 Å². The van der Waals surface area contributed by atoms with Gasteiger partial charge >= 0.3 is 6.09 Å². The van der Waals surface area contributed by atoms with Crippen LogP contribution in [0.3, 0.4) is 0 Å². The van der Waals surface area contributed by atoms with Crippen molar-refractivity contribution >= 4 is 23.6 Å². The van der Waals surface area contributed by atoms with Crippen LogP contribution in [0.5, 0.6) is 0 Å². The minimum atomic E-state index is -0.478. The third-order valence-corrected chi connectivity index (χ3v) is 8.59. The van der Waals surface area contributed by atoms with Gasteiger partial charge in [-0.3, -0.25) is 9.78 Å². The van der Waals surface area contributed by atoms with Gasteiger partial charge in [0, 0.05) is 32.0 Å². The van der Waals surface area contributed by atoms with Crippen LogP contribution in [0.15, 0.2) is 12.3 Å². The number of hydrogen-bond donors (Lipinski definition) is 2. The van der Waals surface area contributed by atoms with Crippen molar-refractivity contribution in [2.75, 3.05) is 33.2 Å². The average Bonchev–Trinajstić information content (AvgIpc) is 2.81. The second-order valence-corrected chi connectivity index (χ2v) is 13.3. The molecule has 0 atom stereocenters. The molecule has 4 bridgehead atoms. The van der Waals surface area contributed by atoms with E-state index in [9.17, 15) is 9.59 Å². The Morgan fingerprint density at radius 3 is 2.35 bits per heavy atom. The number of halogens is 1. The molecular weight excluding hydrogens is 488 g/mol. The van der Waals surface area contributed by atoms with Gasteiger partial charge in [0.2, 0.25) is 0 Å². The molecule has 4 fully saturated rings. The van der Waals surface area contributed by atoms with Gasteiger partial charge < -0.3 is 20.3 Å². The van der Waals surface area contributed by atoms with Gasteiger partial charge in [-0.2, -0.15) is 0 Å². The van der Waals surface area contributed by atoms with Crippen molar-refractivity contribution in [1.82, 2.24) is 20.5 Å². The maximum Gasteiger partial charge on any atom is 0.410 e. The number of carbonyl (C=O) groups excluding carboxylic acids is 2. The first kappa shape index (κ1) is 28.2. The van der Waals surface area contributed by atoms with Crippen LogP contribution in [0.4, 0.5) is 4.79 Å². The van der Waals surface area contributed by atoms with E-state index >= 15 is 0 Å². The minimum Gasteiger partial charge on any atom is -0.444 e. The normalized spacial score (nSPS) is 26.2. The van der Waals surface area contributed by atoms with Crippen LogP contribution in [0.1, 0.15) is 88.2 Å². The molecule has 1 aromatic heterocycles. The fraction of sp³-hybridized carbons (Fsp3) is 0.759. The van der Waals surface area contributed by atoms with Gasteiger partial charge in [0.05, 0.1) is 10.6 Å². The predicted octanol–water partition coefficient (Wildman–Crippen LogP) is 5.46. The molecule has 0 aromatic carbocycles. The van der Waals surface area contributed by atoms with E-state index in [4.69, 9.17) is 16.3 Å². The molecule has 2 amide bonds. The highest BCUT2D eigenvalue weighted by atomic mass is 35.5. The van der Waals surface area contributed by atoms with Gasteiger partial charge in [-0.1, -0.05) is 11.6 Å². The Kier molecular flexibility index (Phi) is 9.05. The minimum absolute atomic E-state index is 0.0726. The number of aromatic nitrogens is 1. The van der Waals surface area contributed by atoms with E-state index in [1.54, 1.807) is 18.1 Å². The summed E-state index contributed by atoms with van der Waals surface area (Å²) in [5.74, 6) is 2.55. The highest BCUT2D eigenvalue weighted by Crippen LogP contribution is 2.59. The summed E-state index contributed by atoms with van der Waals surface area (Å²) in [4.78, 5) is 31.1. The zero-order chi connectivity index (χ0) is 26.6. The van der Waals surface area contributed by atoms with Crippen molar-refractivity contribution in [2.24, 2.45) is 23.2 Å². The van der Waals surface area contributed by atoms with Crippen LogP contribution in [0, 0.1) is 23.2 Å². The zero-order valence-electron chi connectivity index (χ0n) is 23.1. The van der Waals surface area contributed by atoms with E-state index in [0.29, 0.717) is 22.5 Å². The lowest BCUT2D eigenvalue weighted by atomic mass is 9.49. The molecule has 206 valence electrons. The molecule has 5 rings (SSSR count). The van der Waals surface area contributed by atoms with Crippen LogP contribution >= 0.6 is 11.6 Å². The topological polar surface area (TPSA) is 83.6 Å². The van der Waals surface area contributed by atoms with Crippen molar-refractivity contribution in [2.45, 2.75) is 84.2 Å². The number of hydrogen-bond acceptors (Lipinski definition) is 5. The first-order valence-electron chi connectivity index (χ1n) is 14.1.